The van der Waals surface area contributed by atoms with Gasteiger partial charge in [0.05, 0.1) is 5.58 Å². The number of fused-ring (bicyclic) bond motifs is 3. The maximum atomic E-state index is 8.67. The molecule has 0 fully saturated rings. The van der Waals surface area contributed by atoms with Gasteiger partial charge in [-0.25, -0.2) is 4.98 Å². The van der Waals surface area contributed by atoms with Crippen LogP contribution in [0.5, 0.6) is 0 Å². The molecule has 0 spiro atoms. The summed E-state index contributed by atoms with van der Waals surface area (Å²) in [5.41, 5.74) is 8.24. The van der Waals surface area contributed by atoms with Crippen molar-refractivity contribution in [3.8, 4) is 44.8 Å². The van der Waals surface area contributed by atoms with Gasteiger partial charge in [0.15, 0.2) is 0 Å². The zero-order valence-corrected chi connectivity index (χ0v) is 35.5. The molecule has 0 aliphatic rings. The second kappa shape index (κ2) is 17.7. The largest absolute Gasteiger partial charge is 0.486 e. The van der Waals surface area contributed by atoms with E-state index < -0.39 is 34.3 Å². The van der Waals surface area contributed by atoms with Crippen LogP contribution in [-0.2, 0) is 20.1 Å². The van der Waals surface area contributed by atoms with Gasteiger partial charge >= 0.3 is 0 Å². The molecule has 8 aromatic rings. The maximum Gasteiger partial charge on any atom is 0.216 e. The second-order valence-corrected chi connectivity index (χ2v) is 15.1. The van der Waals surface area contributed by atoms with Crippen LogP contribution in [-0.4, -0.2) is 15.0 Å². The Morgan fingerprint density at radius 1 is 0.621 bits per heavy atom. The van der Waals surface area contributed by atoms with Crippen LogP contribution in [0.15, 0.2) is 108 Å². The predicted molar refractivity (Wildman–Crippen MR) is 239 cm³/mol. The van der Waals surface area contributed by atoms with E-state index in [2.05, 4.69) is 80.8 Å². The topological polar surface area (TPSA) is 51.8 Å². The monoisotopic (exact) mass is 955 g/mol. The fourth-order valence-electron chi connectivity index (χ4n) is 6.99. The average molecular weight is 955 g/mol. The van der Waals surface area contributed by atoms with Crippen LogP contribution in [0.1, 0.15) is 124 Å². The summed E-state index contributed by atoms with van der Waals surface area (Å²) in [6.07, 6.45) is 2.56. The number of pyridine rings is 3. The summed E-state index contributed by atoms with van der Waals surface area (Å²) in [6, 6.07) is 31.4. The molecule has 0 aliphatic carbocycles. The SMILES string of the molecule is [2H]C([2H])([2H])c1c[c-]c(-c2ccc(C([2H])([2H])[2H])cn2)cc1.[2H]C([2H])([2H])c1ccc2c(n1)oc1c(-c3cc(-c4ccc(-c5c(C(C)C)cc(C(C)C)cc5C(C)C)cc4C([2H])([2H])[2H])c(C([2H])([2H])[2H])cn3)[c-]ccc12.[Ir]. The summed E-state index contributed by atoms with van der Waals surface area (Å²) in [5.74, 6) is 0.646. The summed E-state index contributed by atoms with van der Waals surface area (Å²) >= 11 is 0. The number of furan rings is 1. The smallest absolute Gasteiger partial charge is 0.216 e. The molecule has 0 amide bonds. The van der Waals surface area contributed by atoms with Crippen LogP contribution in [0.2, 0.25) is 0 Å². The van der Waals surface area contributed by atoms with Crippen LogP contribution in [0.3, 0.4) is 0 Å². The quantitative estimate of drug-likeness (QED) is 0.149. The molecular formula is C53H53IrN3O-2. The molecule has 0 bridgehead atoms. The van der Waals surface area contributed by atoms with Crippen molar-refractivity contribution < 1.29 is 45.1 Å². The first-order valence-electron chi connectivity index (χ1n) is 26.4. The number of rotatable bonds is 7. The van der Waals surface area contributed by atoms with Gasteiger partial charge in [-0.3, -0.25) is 0 Å². The van der Waals surface area contributed by atoms with E-state index in [9.17, 15) is 0 Å². The molecule has 297 valence electrons. The Morgan fingerprint density at radius 2 is 1.38 bits per heavy atom. The van der Waals surface area contributed by atoms with Crippen molar-refractivity contribution in [3.63, 3.8) is 0 Å². The molecule has 0 saturated carbocycles. The summed E-state index contributed by atoms with van der Waals surface area (Å²) < 4.78 is 124. The molecule has 0 aliphatic heterocycles. The molecule has 8 rings (SSSR count). The number of aryl methyl sites for hydroxylation is 5. The molecule has 4 nitrogen and oxygen atoms in total. The van der Waals surface area contributed by atoms with Gasteiger partial charge in [-0.1, -0.05) is 108 Å². The number of hydrogen-bond donors (Lipinski definition) is 0. The fourth-order valence-corrected chi connectivity index (χ4v) is 6.99. The third-order valence-corrected chi connectivity index (χ3v) is 10.0. The van der Waals surface area contributed by atoms with Gasteiger partial charge in [-0.05, 0) is 124 Å². The van der Waals surface area contributed by atoms with Gasteiger partial charge in [0.1, 0.15) is 0 Å². The first-order valence-corrected chi connectivity index (χ1v) is 18.9. The molecular weight excluding hydrogens is 887 g/mol. The third kappa shape index (κ3) is 8.77. The minimum absolute atomic E-state index is 0. The van der Waals surface area contributed by atoms with Crippen molar-refractivity contribution in [2.75, 3.05) is 0 Å². The van der Waals surface area contributed by atoms with E-state index in [1.807, 2.05) is 6.07 Å². The Kier molecular flexibility index (Phi) is 8.17. The Labute approximate surface area is 379 Å². The Balaban J connectivity index is 0.000000347. The molecule has 1 radical (unpaired) electrons. The van der Waals surface area contributed by atoms with Crippen molar-refractivity contribution in [1.82, 2.24) is 15.0 Å². The van der Waals surface area contributed by atoms with Crippen LogP contribution in [0, 0.1) is 46.4 Å². The van der Waals surface area contributed by atoms with Gasteiger partial charge in [0, 0.05) is 64.1 Å². The molecule has 5 heteroatoms. The Morgan fingerprint density at radius 3 is 2.02 bits per heavy atom. The van der Waals surface area contributed by atoms with Crippen LogP contribution in [0.4, 0.5) is 0 Å². The van der Waals surface area contributed by atoms with Crippen molar-refractivity contribution in [3.05, 3.63) is 160 Å². The van der Waals surface area contributed by atoms with Gasteiger partial charge in [-0.2, -0.15) is 0 Å². The zero-order chi connectivity index (χ0) is 53.0. The maximum absolute atomic E-state index is 8.67. The molecule has 0 saturated heterocycles. The molecule has 4 aromatic heterocycles. The molecule has 0 N–H and O–H groups in total. The zero-order valence-electron chi connectivity index (χ0n) is 48.1. The van der Waals surface area contributed by atoms with E-state index in [1.54, 1.807) is 48.5 Å². The molecule has 4 heterocycles. The van der Waals surface area contributed by atoms with Crippen LogP contribution in [0.25, 0.3) is 66.8 Å². The summed E-state index contributed by atoms with van der Waals surface area (Å²) in [6.45, 7) is 0.891. The fraction of sp³-hybridized carbons (Fsp3) is 0.264. The predicted octanol–water partition coefficient (Wildman–Crippen LogP) is 14.6. The van der Waals surface area contributed by atoms with Gasteiger partial charge in [-0.15, -0.1) is 53.6 Å². The van der Waals surface area contributed by atoms with Gasteiger partial charge in [0.2, 0.25) is 5.71 Å². The summed E-state index contributed by atoms with van der Waals surface area (Å²) in [5, 5.41) is 1.25. The number of nitrogens with zero attached hydrogens (tertiary/aromatic N) is 3. The first-order chi connectivity index (χ1) is 33.3. The molecule has 0 atom stereocenters. The second-order valence-electron chi connectivity index (χ2n) is 15.1. The minimum atomic E-state index is -2.61. The van der Waals surface area contributed by atoms with E-state index in [0.717, 1.165) is 22.3 Å². The Hall–Kier alpha value is -5.22. The van der Waals surface area contributed by atoms with E-state index in [0.29, 0.717) is 44.8 Å². The van der Waals surface area contributed by atoms with Crippen molar-refractivity contribution >= 4 is 22.1 Å². The van der Waals surface area contributed by atoms with E-state index in [1.165, 1.54) is 42.2 Å². The van der Waals surface area contributed by atoms with Crippen molar-refractivity contribution in [2.24, 2.45) is 0 Å². The third-order valence-electron chi connectivity index (χ3n) is 10.0. The van der Waals surface area contributed by atoms with Gasteiger partial charge < -0.3 is 14.4 Å². The minimum Gasteiger partial charge on any atom is -0.486 e. The Bertz CT molecular complexity index is 3170. The van der Waals surface area contributed by atoms with Gasteiger partial charge in [0.25, 0.3) is 0 Å². The average Bonchev–Trinajstić information content (AvgIpc) is 3.68. The van der Waals surface area contributed by atoms with Crippen molar-refractivity contribution in [2.45, 2.75) is 93.6 Å². The molecule has 58 heavy (non-hydrogen) atoms. The summed E-state index contributed by atoms with van der Waals surface area (Å²) in [7, 11) is 0. The molecule has 4 aromatic carbocycles. The van der Waals surface area contributed by atoms with Crippen molar-refractivity contribution in [1.29, 1.82) is 0 Å². The van der Waals surface area contributed by atoms with Crippen LogP contribution < -0.4 is 0 Å². The van der Waals surface area contributed by atoms with E-state index in [4.69, 9.17) is 25.0 Å². The number of hydrogen-bond acceptors (Lipinski definition) is 4. The first kappa shape index (κ1) is 26.7. The van der Waals surface area contributed by atoms with Crippen LogP contribution >= 0.6 is 0 Å². The normalized spacial score (nSPS) is 16.3. The molecule has 0 unspecified atom stereocenters. The number of benzene rings is 4. The number of aromatic nitrogens is 3. The standard InChI is InChI=1S/C40H41N2O.C13H12N.Ir/c1-22(2)29-18-34(23(3)4)38(35(19-29)24(5)6)28-14-16-30(25(7)17-28)36-20-37(41-21-26(36)8)33-12-10-11-31-32-15-13-27(9)42-40(32)43-39(31)33;1-10-3-6-12(7-4-10)13-8-5-11(2)9-14-13;/h10-11,13-24H,1-9H3;3-6,8-9H,1-2H3;/q2*-1;/i7D3,8D3,9D3;1D3,2D3;. The van der Waals surface area contributed by atoms with E-state index >= 15 is 0 Å². The van der Waals surface area contributed by atoms with E-state index in [-0.39, 0.29) is 76.7 Å². The summed E-state index contributed by atoms with van der Waals surface area (Å²) in [4.78, 5) is 12.8.